The first-order valence-electron chi connectivity index (χ1n) is 10.6. The fourth-order valence-corrected chi connectivity index (χ4v) is 5.09. The SMILES string of the molecule is O=C(C[C@@H]1CC[C@@H]2[C@H](COC[C@@H](O)CN2Cc2nccs2)O1)NCc1ccccc1Cl. The first kappa shape index (κ1) is 22.6. The average Bonchev–Trinajstić information content (AvgIpc) is 3.25. The number of ether oxygens (including phenoxy) is 2. The maximum atomic E-state index is 12.5. The highest BCUT2D eigenvalue weighted by atomic mass is 35.5. The number of benzene rings is 1. The predicted octanol–water partition coefficient (Wildman–Crippen LogP) is 2.61. The van der Waals surface area contributed by atoms with E-state index in [1.165, 1.54) is 0 Å². The van der Waals surface area contributed by atoms with Crippen LogP contribution in [0.15, 0.2) is 35.8 Å². The number of hydrogen-bond donors (Lipinski definition) is 2. The van der Waals surface area contributed by atoms with Crippen molar-refractivity contribution in [3.05, 3.63) is 51.4 Å². The number of hydrogen-bond acceptors (Lipinski definition) is 7. The first-order valence-corrected chi connectivity index (χ1v) is 11.9. The van der Waals surface area contributed by atoms with Crippen molar-refractivity contribution in [2.45, 2.75) is 56.7 Å². The lowest BCUT2D eigenvalue weighted by Crippen LogP contribution is -2.55. The number of halogens is 1. The molecule has 2 saturated heterocycles. The molecule has 0 saturated carbocycles. The monoisotopic (exact) mass is 465 g/mol. The van der Waals surface area contributed by atoms with Crippen LogP contribution in [0.3, 0.4) is 0 Å². The summed E-state index contributed by atoms with van der Waals surface area (Å²) in [4.78, 5) is 19.1. The van der Waals surface area contributed by atoms with Crippen LogP contribution >= 0.6 is 22.9 Å². The minimum atomic E-state index is -0.533. The molecule has 0 unspecified atom stereocenters. The number of fused-ring (bicyclic) bond motifs is 1. The number of aliphatic hydroxyl groups excluding tert-OH is 1. The number of nitrogens with zero attached hydrogens (tertiary/aromatic N) is 2. The normalized spacial score (nSPS) is 27.2. The number of rotatable bonds is 6. The highest BCUT2D eigenvalue weighted by Gasteiger charge is 2.38. The van der Waals surface area contributed by atoms with Gasteiger partial charge in [-0.3, -0.25) is 9.69 Å². The van der Waals surface area contributed by atoms with Crippen LogP contribution in [0.25, 0.3) is 0 Å². The number of carbonyl (C=O) groups is 1. The van der Waals surface area contributed by atoms with Gasteiger partial charge in [0.25, 0.3) is 0 Å². The maximum Gasteiger partial charge on any atom is 0.222 e. The summed E-state index contributed by atoms with van der Waals surface area (Å²) >= 11 is 7.78. The molecule has 1 aromatic heterocycles. The first-order chi connectivity index (χ1) is 15.1. The summed E-state index contributed by atoms with van der Waals surface area (Å²) in [5.74, 6) is -0.0507. The summed E-state index contributed by atoms with van der Waals surface area (Å²) < 4.78 is 12.0. The number of aliphatic hydroxyl groups is 1. The zero-order valence-corrected chi connectivity index (χ0v) is 18.9. The van der Waals surface area contributed by atoms with Crippen LogP contribution in [0.1, 0.15) is 29.8 Å². The Balaban J connectivity index is 1.33. The summed E-state index contributed by atoms with van der Waals surface area (Å²) in [6.07, 6.45) is 2.96. The van der Waals surface area contributed by atoms with E-state index in [0.717, 1.165) is 23.4 Å². The molecule has 1 aromatic carbocycles. The van der Waals surface area contributed by atoms with Crippen LogP contribution in [-0.2, 0) is 27.4 Å². The molecule has 4 rings (SSSR count). The number of β-amino-alcohol motifs (C(OH)–C–C–N with tert-alkyl or cyclic N) is 1. The molecule has 1 amide bonds. The lowest BCUT2D eigenvalue weighted by Gasteiger charge is -2.44. The molecule has 0 aliphatic carbocycles. The third kappa shape index (κ3) is 6.25. The van der Waals surface area contributed by atoms with E-state index in [-0.39, 0.29) is 30.8 Å². The Morgan fingerprint density at radius 2 is 2.19 bits per heavy atom. The number of carbonyl (C=O) groups excluding carboxylic acids is 1. The van der Waals surface area contributed by atoms with Crippen molar-refractivity contribution in [1.29, 1.82) is 0 Å². The highest BCUT2D eigenvalue weighted by molar-refractivity contribution is 7.09. The molecule has 2 N–H and O–H groups in total. The molecule has 168 valence electrons. The van der Waals surface area contributed by atoms with Crippen LogP contribution in [-0.4, -0.2) is 65.0 Å². The molecule has 4 atom stereocenters. The molecule has 2 fully saturated rings. The molecule has 31 heavy (non-hydrogen) atoms. The molecule has 3 heterocycles. The van der Waals surface area contributed by atoms with Gasteiger partial charge in [-0.1, -0.05) is 29.8 Å². The average molecular weight is 466 g/mol. The fourth-order valence-electron chi connectivity index (χ4n) is 4.25. The van der Waals surface area contributed by atoms with Gasteiger partial charge >= 0.3 is 0 Å². The van der Waals surface area contributed by atoms with Crippen LogP contribution in [0.5, 0.6) is 0 Å². The van der Waals surface area contributed by atoms with E-state index in [4.69, 9.17) is 21.1 Å². The molecular formula is C22H28ClN3O4S. The Kier molecular flexibility index (Phi) is 7.92. The predicted molar refractivity (Wildman–Crippen MR) is 119 cm³/mol. The Morgan fingerprint density at radius 1 is 1.32 bits per heavy atom. The second kappa shape index (κ2) is 10.8. The van der Waals surface area contributed by atoms with Gasteiger partial charge in [-0.15, -0.1) is 11.3 Å². The zero-order valence-electron chi connectivity index (χ0n) is 17.3. The van der Waals surface area contributed by atoms with E-state index in [0.29, 0.717) is 37.7 Å². The van der Waals surface area contributed by atoms with E-state index < -0.39 is 6.10 Å². The Morgan fingerprint density at radius 3 is 3.00 bits per heavy atom. The quantitative estimate of drug-likeness (QED) is 0.682. The summed E-state index contributed by atoms with van der Waals surface area (Å²) in [7, 11) is 0. The second-order valence-electron chi connectivity index (χ2n) is 8.06. The van der Waals surface area contributed by atoms with Crippen molar-refractivity contribution in [3.8, 4) is 0 Å². The van der Waals surface area contributed by atoms with Gasteiger partial charge < -0.3 is 19.9 Å². The van der Waals surface area contributed by atoms with Gasteiger partial charge in [-0.25, -0.2) is 4.98 Å². The van der Waals surface area contributed by atoms with Gasteiger partial charge in [0.15, 0.2) is 0 Å². The lowest BCUT2D eigenvalue weighted by molar-refractivity contribution is -0.158. The van der Waals surface area contributed by atoms with E-state index in [1.807, 2.05) is 29.6 Å². The van der Waals surface area contributed by atoms with Gasteiger partial charge in [0.2, 0.25) is 5.91 Å². The van der Waals surface area contributed by atoms with Crippen LogP contribution in [0.4, 0.5) is 0 Å². The van der Waals surface area contributed by atoms with Crippen molar-refractivity contribution in [2.75, 3.05) is 19.8 Å². The number of amides is 1. The number of aromatic nitrogens is 1. The largest absolute Gasteiger partial charge is 0.389 e. The lowest BCUT2D eigenvalue weighted by atomic mass is 9.94. The summed E-state index contributed by atoms with van der Waals surface area (Å²) in [6.45, 7) is 2.30. The zero-order chi connectivity index (χ0) is 21.6. The van der Waals surface area contributed by atoms with E-state index >= 15 is 0 Å². The van der Waals surface area contributed by atoms with Crippen LogP contribution in [0, 0.1) is 0 Å². The third-order valence-corrected chi connectivity index (χ3v) is 6.89. The Hall–Kier alpha value is -1.55. The molecule has 2 aliphatic heterocycles. The Bertz CT molecular complexity index is 853. The van der Waals surface area contributed by atoms with E-state index in [2.05, 4.69) is 15.2 Å². The minimum absolute atomic E-state index is 0.0507. The van der Waals surface area contributed by atoms with Crippen LogP contribution in [0.2, 0.25) is 5.02 Å². The molecule has 2 aromatic rings. The van der Waals surface area contributed by atoms with Crippen molar-refractivity contribution in [3.63, 3.8) is 0 Å². The third-order valence-electron chi connectivity index (χ3n) is 5.76. The van der Waals surface area contributed by atoms with E-state index in [1.54, 1.807) is 17.5 Å². The maximum absolute atomic E-state index is 12.5. The standard InChI is InChI=1S/C22H28ClN3O4S/c23-18-4-2-1-3-15(18)10-25-21(28)9-17-5-6-19-20(30-17)14-29-13-16(27)11-26(19)12-22-24-7-8-31-22/h1-4,7-8,16-17,19-20,27H,5-6,9-14H2,(H,25,28)/t16-,17-,19+,20-/m0/s1. The van der Waals surface area contributed by atoms with Crippen LogP contribution < -0.4 is 5.32 Å². The van der Waals surface area contributed by atoms with Crippen molar-refractivity contribution in [1.82, 2.24) is 15.2 Å². The molecule has 0 bridgehead atoms. The number of nitrogens with one attached hydrogen (secondary N) is 1. The molecule has 7 nitrogen and oxygen atoms in total. The molecular weight excluding hydrogens is 438 g/mol. The topological polar surface area (TPSA) is 83.9 Å². The van der Waals surface area contributed by atoms with Gasteiger partial charge in [-0.2, -0.15) is 0 Å². The van der Waals surface area contributed by atoms with Crippen molar-refractivity contribution < 1.29 is 19.4 Å². The molecule has 0 radical (unpaired) electrons. The van der Waals surface area contributed by atoms with Gasteiger partial charge in [0.05, 0.1) is 44.5 Å². The minimum Gasteiger partial charge on any atom is -0.389 e. The van der Waals surface area contributed by atoms with Crippen molar-refractivity contribution >= 4 is 28.8 Å². The fraction of sp³-hybridized carbons (Fsp3) is 0.545. The second-order valence-corrected chi connectivity index (χ2v) is 9.45. The number of thiazole rings is 1. The summed E-state index contributed by atoms with van der Waals surface area (Å²) in [5, 5.41) is 16.8. The molecule has 9 heteroatoms. The Labute approximate surface area is 191 Å². The molecule has 2 aliphatic rings. The van der Waals surface area contributed by atoms with Crippen molar-refractivity contribution in [2.24, 2.45) is 0 Å². The molecule has 0 spiro atoms. The summed E-state index contributed by atoms with van der Waals surface area (Å²) in [5.41, 5.74) is 0.895. The van der Waals surface area contributed by atoms with Gasteiger partial charge in [0.1, 0.15) is 5.01 Å². The smallest absolute Gasteiger partial charge is 0.222 e. The van der Waals surface area contributed by atoms with Gasteiger partial charge in [0, 0.05) is 35.7 Å². The van der Waals surface area contributed by atoms with E-state index in [9.17, 15) is 9.90 Å². The summed E-state index contributed by atoms with van der Waals surface area (Å²) in [6, 6.07) is 7.62. The highest BCUT2D eigenvalue weighted by Crippen LogP contribution is 2.29. The van der Waals surface area contributed by atoms with Gasteiger partial charge in [-0.05, 0) is 24.5 Å².